The number of hydrogen-bond donors (Lipinski definition) is 3. The van der Waals surface area contributed by atoms with Crippen LogP contribution in [0.3, 0.4) is 0 Å². The number of aliphatic imine (C=N–C) groups is 1. The van der Waals surface area contributed by atoms with Crippen molar-refractivity contribution in [2.24, 2.45) is 10.9 Å². The zero-order chi connectivity index (χ0) is 27.3. The number of benzene rings is 1. The van der Waals surface area contributed by atoms with Gasteiger partial charge in [0.1, 0.15) is 39.1 Å². The van der Waals surface area contributed by atoms with E-state index in [1.54, 1.807) is 27.8 Å². The predicted molar refractivity (Wildman–Crippen MR) is 138 cm³/mol. The third-order valence-electron chi connectivity index (χ3n) is 5.63. The normalized spacial score (nSPS) is 15.7. The van der Waals surface area contributed by atoms with Crippen LogP contribution in [0.1, 0.15) is 56.9 Å². The fourth-order valence-electron chi connectivity index (χ4n) is 3.99. The van der Waals surface area contributed by atoms with Gasteiger partial charge in [-0.05, 0) is 45.7 Å². The van der Waals surface area contributed by atoms with Gasteiger partial charge in [-0.1, -0.05) is 17.4 Å². The molecule has 1 heterocycles. The molecule has 1 fully saturated rings. The smallest absolute Gasteiger partial charge is 0.412 e. The summed E-state index contributed by atoms with van der Waals surface area (Å²) in [6.45, 7) is 4.98. The van der Waals surface area contributed by atoms with Crippen LogP contribution in [-0.4, -0.2) is 53.4 Å². The van der Waals surface area contributed by atoms with Crippen molar-refractivity contribution in [3.63, 3.8) is 0 Å². The number of rotatable bonds is 7. The Morgan fingerprint density at radius 1 is 1.24 bits per heavy atom. The molecule has 2 aromatic rings. The number of halogens is 2. The monoisotopic (exact) mass is 533 g/mol. The summed E-state index contributed by atoms with van der Waals surface area (Å²) in [5.74, 6) is -2.47. The van der Waals surface area contributed by atoms with E-state index >= 15 is 0 Å². The molecule has 1 unspecified atom stereocenters. The Hall–Kier alpha value is -3.54. The van der Waals surface area contributed by atoms with Crippen LogP contribution in [0.15, 0.2) is 23.2 Å². The predicted octanol–water partition coefficient (Wildman–Crippen LogP) is 5.01. The van der Waals surface area contributed by atoms with Crippen LogP contribution >= 0.6 is 11.3 Å². The third-order valence-corrected chi connectivity index (χ3v) is 6.61. The van der Waals surface area contributed by atoms with Gasteiger partial charge in [-0.3, -0.25) is 19.9 Å². The van der Waals surface area contributed by atoms with Crippen LogP contribution in [0.2, 0.25) is 0 Å². The van der Waals surface area contributed by atoms with Crippen molar-refractivity contribution in [2.45, 2.75) is 58.1 Å². The minimum absolute atomic E-state index is 0.0774. The van der Waals surface area contributed by atoms with Gasteiger partial charge in [0, 0.05) is 37.7 Å². The van der Waals surface area contributed by atoms with E-state index in [0.29, 0.717) is 42.7 Å². The Morgan fingerprint density at radius 2 is 1.86 bits per heavy atom. The fourth-order valence-corrected chi connectivity index (χ4v) is 4.98. The van der Waals surface area contributed by atoms with Crippen molar-refractivity contribution in [1.29, 1.82) is 5.41 Å². The number of aromatic nitrogens is 1. The lowest BCUT2D eigenvalue weighted by Crippen LogP contribution is -2.45. The molecule has 198 valence electrons. The van der Waals surface area contributed by atoms with E-state index in [1.807, 2.05) is 0 Å². The first-order chi connectivity index (χ1) is 17.4. The Bertz CT molecular complexity index is 1210. The van der Waals surface area contributed by atoms with Crippen molar-refractivity contribution in [3.05, 3.63) is 35.5 Å². The highest BCUT2D eigenvalue weighted by Gasteiger charge is 2.31. The number of nitrogens with one attached hydrogen (secondary N) is 3. The molecule has 37 heavy (non-hydrogen) atoms. The largest absolute Gasteiger partial charge is 0.444 e. The molecule has 0 aliphatic heterocycles. The van der Waals surface area contributed by atoms with Gasteiger partial charge in [0.15, 0.2) is 5.69 Å². The summed E-state index contributed by atoms with van der Waals surface area (Å²) in [4.78, 5) is 45.8. The summed E-state index contributed by atoms with van der Waals surface area (Å²) < 4.78 is 34.2. The highest BCUT2D eigenvalue weighted by Crippen LogP contribution is 2.35. The van der Waals surface area contributed by atoms with Gasteiger partial charge < -0.3 is 15.5 Å². The number of hydrogen-bond acceptors (Lipinski definition) is 8. The van der Waals surface area contributed by atoms with Crippen molar-refractivity contribution in [3.8, 4) is 10.6 Å². The first-order valence-electron chi connectivity index (χ1n) is 11.7. The van der Waals surface area contributed by atoms with Crippen LogP contribution in [0.5, 0.6) is 0 Å². The van der Waals surface area contributed by atoms with E-state index in [-0.39, 0.29) is 27.4 Å². The number of ketones is 1. The molecule has 0 radical (unpaired) electrons. The number of anilines is 1. The van der Waals surface area contributed by atoms with Gasteiger partial charge in [-0.15, -0.1) is 0 Å². The van der Waals surface area contributed by atoms with E-state index in [1.165, 1.54) is 6.07 Å². The average Bonchev–Trinajstić information content (AvgIpc) is 3.21. The lowest BCUT2D eigenvalue weighted by molar-refractivity contribution is -0.120. The lowest BCUT2D eigenvalue weighted by atomic mass is 9.82. The molecule has 1 saturated carbocycles. The molecule has 9 nitrogen and oxygen atoms in total. The Kier molecular flexibility index (Phi) is 8.85. The molecule has 1 atom stereocenters. The van der Waals surface area contributed by atoms with Gasteiger partial charge in [-0.25, -0.2) is 18.6 Å². The van der Waals surface area contributed by atoms with Crippen LogP contribution in [0, 0.1) is 23.0 Å². The summed E-state index contributed by atoms with van der Waals surface area (Å²) in [5, 5.41) is 12.7. The maximum absolute atomic E-state index is 14.5. The lowest BCUT2D eigenvalue weighted by Gasteiger charge is -2.26. The molecular weight excluding hydrogens is 504 g/mol. The van der Waals surface area contributed by atoms with E-state index < -0.39 is 40.8 Å². The maximum atomic E-state index is 14.5. The highest BCUT2D eigenvalue weighted by atomic mass is 32.1. The molecule has 1 aromatic carbocycles. The van der Waals surface area contributed by atoms with Crippen LogP contribution in [0.25, 0.3) is 10.6 Å². The Balaban J connectivity index is 1.94. The summed E-state index contributed by atoms with van der Waals surface area (Å²) in [6, 6.07) is 2.42. The summed E-state index contributed by atoms with van der Waals surface area (Å²) in [5.41, 5.74) is -1.04. The van der Waals surface area contributed by atoms with Gasteiger partial charge in [0.2, 0.25) is 0 Å². The fraction of sp³-hybridized carbons (Fsp3) is 0.440. The second-order valence-electron chi connectivity index (χ2n) is 9.50. The van der Waals surface area contributed by atoms with E-state index in [2.05, 4.69) is 20.6 Å². The second kappa shape index (κ2) is 11.7. The van der Waals surface area contributed by atoms with Crippen LogP contribution in [-0.2, 0) is 9.53 Å². The van der Waals surface area contributed by atoms with Gasteiger partial charge >= 0.3 is 6.09 Å². The topological polar surface area (TPSA) is 134 Å². The van der Waals surface area contributed by atoms with E-state index in [9.17, 15) is 23.2 Å². The zero-order valence-electron chi connectivity index (χ0n) is 21.0. The number of carbonyl (C=O) groups is 3. The SMILES string of the molecule is CN=C(C1CCC(=O)CC1)C(C=N)NC(=O)c1nc(-c2c(F)cccc2F)sc1NC(=O)OC(C)(C)C. The van der Waals surface area contributed by atoms with Gasteiger partial charge in [0.05, 0.1) is 5.56 Å². The van der Waals surface area contributed by atoms with Crippen LogP contribution in [0.4, 0.5) is 18.6 Å². The third kappa shape index (κ3) is 7.03. The minimum Gasteiger partial charge on any atom is -0.444 e. The van der Waals surface area contributed by atoms with Gasteiger partial charge in [-0.2, -0.15) is 0 Å². The highest BCUT2D eigenvalue weighted by molar-refractivity contribution is 7.19. The molecule has 1 aliphatic carbocycles. The number of ether oxygens (including phenoxy) is 1. The number of amides is 2. The van der Waals surface area contributed by atoms with E-state index in [4.69, 9.17) is 10.1 Å². The van der Waals surface area contributed by atoms with Crippen molar-refractivity contribution < 1.29 is 27.9 Å². The second-order valence-corrected chi connectivity index (χ2v) is 10.5. The number of carbonyl (C=O) groups excluding carboxylic acids is 3. The number of Topliss-reactive ketones (excluding diaryl/α,β-unsaturated/α-hetero) is 1. The average molecular weight is 534 g/mol. The number of nitrogens with zero attached hydrogens (tertiary/aromatic N) is 2. The first kappa shape index (κ1) is 28.0. The van der Waals surface area contributed by atoms with Crippen molar-refractivity contribution in [1.82, 2.24) is 10.3 Å². The summed E-state index contributed by atoms with van der Waals surface area (Å²) in [7, 11) is 1.55. The molecule has 3 N–H and O–H groups in total. The molecule has 3 rings (SSSR count). The van der Waals surface area contributed by atoms with Crippen molar-refractivity contribution in [2.75, 3.05) is 12.4 Å². The maximum Gasteiger partial charge on any atom is 0.412 e. The molecule has 1 aromatic heterocycles. The van der Waals surface area contributed by atoms with Gasteiger partial charge in [0.25, 0.3) is 5.91 Å². The summed E-state index contributed by atoms with van der Waals surface area (Å²) >= 11 is 0.712. The molecule has 0 saturated heterocycles. The Labute approximate surface area is 217 Å². The quantitative estimate of drug-likeness (QED) is 0.430. The molecular formula is C25H29F2N5O4S. The molecule has 12 heteroatoms. The van der Waals surface area contributed by atoms with Crippen LogP contribution < -0.4 is 10.6 Å². The van der Waals surface area contributed by atoms with Crippen molar-refractivity contribution >= 4 is 46.0 Å². The minimum atomic E-state index is -0.902. The Morgan fingerprint density at radius 3 is 2.41 bits per heavy atom. The number of thiazole rings is 1. The zero-order valence-corrected chi connectivity index (χ0v) is 21.8. The standard InChI is InChI=1S/C25H29F2N5O4S/c1-25(2,3)36-24(35)32-23-20(31-22(37-23)18-15(26)6-5-7-16(18)27)21(34)30-17(12-28)19(29-4)13-8-10-14(33)11-9-13/h5-7,12-13,17,28H,8-11H2,1-4H3,(H,30,34)(H,32,35). The molecule has 0 bridgehead atoms. The first-order valence-corrected chi connectivity index (χ1v) is 12.5. The molecule has 0 spiro atoms. The molecule has 1 aliphatic rings. The van der Waals surface area contributed by atoms with E-state index in [0.717, 1.165) is 18.3 Å². The summed E-state index contributed by atoms with van der Waals surface area (Å²) in [6.07, 6.45) is 2.06. The molecule has 2 amide bonds.